The molecular weight excluding hydrogens is 328 g/mol. The molecule has 8 heteroatoms. The van der Waals surface area contributed by atoms with E-state index < -0.39 is 12.0 Å². The van der Waals surface area contributed by atoms with Gasteiger partial charge in [-0.2, -0.15) is 5.26 Å². The van der Waals surface area contributed by atoms with E-state index in [-0.39, 0.29) is 6.61 Å². The van der Waals surface area contributed by atoms with Gasteiger partial charge in [0.1, 0.15) is 23.3 Å². The second kappa shape index (κ2) is 7.02. The van der Waals surface area contributed by atoms with Crippen LogP contribution in [-0.4, -0.2) is 23.6 Å². The molecule has 1 atom stereocenters. The Hall–Kier alpha value is -3.05. The number of aryl methyl sites for hydroxylation is 1. The number of nitrogens with one attached hydrogen (secondary N) is 2. The normalized spacial score (nSPS) is 16.2. The first kappa shape index (κ1) is 15.8. The van der Waals surface area contributed by atoms with Crippen molar-refractivity contribution >= 4 is 22.8 Å². The number of nitrogens with zero attached hydrogens (tertiary/aromatic N) is 2. The minimum absolute atomic E-state index is 0.116. The summed E-state index contributed by atoms with van der Waals surface area (Å²) >= 11 is 1.36. The number of hydrogen-bond acceptors (Lipinski definition) is 7. The van der Waals surface area contributed by atoms with Crippen LogP contribution in [0.5, 0.6) is 11.5 Å². The Bertz CT molecular complexity index is 825. The Labute approximate surface area is 142 Å². The maximum Gasteiger partial charge on any atom is 0.282 e. The predicted octanol–water partition coefficient (Wildman–Crippen LogP) is 1.78. The number of thiazole rings is 1. The van der Waals surface area contributed by atoms with Crippen LogP contribution in [0.25, 0.3) is 5.57 Å². The second-order valence-electron chi connectivity index (χ2n) is 4.96. The molecule has 0 radical (unpaired) electrons. The fourth-order valence-electron chi connectivity index (χ4n) is 2.03. The van der Waals surface area contributed by atoms with E-state index in [9.17, 15) is 4.79 Å². The zero-order valence-corrected chi connectivity index (χ0v) is 13.6. The molecule has 2 aromatic rings. The first-order valence-electron chi connectivity index (χ1n) is 7.14. The topological polar surface area (TPSA) is 96.3 Å². The molecule has 2 N–H and O–H groups in total. The van der Waals surface area contributed by atoms with E-state index in [2.05, 4.69) is 15.8 Å². The van der Waals surface area contributed by atoms with Gasteiger partial charge in [-0.25, -0.2) is 4.98 Å². The van der Waals surface area contributed by atoms with Gasteiger partial charge in [0, 0.05) is 17.3 Å². The third-order valence-corrected chi connectivity index (χ3v) is 4.18. The smallest absolute Gasteiger partial charge is 0.282 e. The van der Waals surface area contributed by atoms with Gasteiger partial charge in [-0.05, 0) is 19.1 Å². The number of para-hydroxylation sites is 2. The van der Waals surface area contributed by atoms with E-state index in [1.54, 1.807) is 18.2 Å². The van der Waals surface area contributed by atoms with Crippen molar-refractivity contribution in [3.8, 4) is 17.6 Å². The molecule has 122 valence electrons. The number of ether oxygens (including phenoxy) is 2. The number of nitriles is 1. The molecule has 0 spiro atoms. The van der Waals surface area contributed by atoms with Crippen molar-refractivity contribution in [1.29, 1.82) is 5.26 Å². The number of aromatic nitrogens is 1. The van der Waals surface area contributed by atoms with E-state index in [1.165, 1.54) is 17.5 Å². The quantitative estimate of drug-likeness (QED) is 0.649. The molecular formula is C16H14N4O3S. The van der Waals surface area contributed by atoms with Crippen molar-refractivity contribution in [3.05, 3.63) is 46.5 Å². The standard InChI is InChI=1S/C16H14N4O3S/c1-10-9-24-16(19-10)11(6-17)7-18-20-15(21)14-8-22-12-4-2-3-5-13(12)23-14/h2-5,7,9,14,18H,8H2,1H3,(H,20,21)/b11-7+/t14-/m0/s1. The van der Waals surface area contributed by atoms with Crippen molar-refractivity contribution in [2.45, 2.75) is 13.0 Å². The zero-order chi connectivity index (χ0) is 16.9. The maximum atomic E-state index is 12.1. The number of carbonyl (C=O) groups excluding carboxylic acids is 1. The van der Waals surface area contributed by atoms with Gasteiger partial charge in [-0.15, -0.1) is 11.3 Å². The summed E-state index contributed by atoms with van der Waals surface area (Å²) in [6, 6.07) is 9.19. The highest BCUT2D eigenvalue weighted by Crippen LogP contribution is 2.30. The first-order chi connectivity index (χ1) is 11.7. The highest BCUT2D eigenvalue weighted by atomic mass is 32.1. The minimum atomic E-state index is -0.770. The summed E-state index contributed by atoms with van der Waals surface area (Å²) in [5, 5.41) is 11.6. The van der Waals surface area contributed by atoms with Gasteiger partial charge < -0.3 is 14.9 Å². The fourth-order valence-corrected chi connectivity index (χ4v) is 2.79. The van der Waals surface area contributed by atoms with E-state index in [0.29, 0.717) is 22.1 Å². The summed E-state index contributed by atoms with van der Waals surface area (Å²) in [6.45, 7) is 1.97. The molecule has 0 bridgehead atoms. The van der Waals surface area contributed by atoms with Gasteiger partial charge in [0.15, 0.2) is 11.5 Å². The van der Waals surface area contributed by atoms with Crippen molar-refractivity contribution < 1.29 is 14.3 Å². The third kappa shape index (κ3) is 3.47. The molecule has 0 unspecified atom stereocenters. The fraction of sp³-hybridized carbons (Fsp3) is 0.188. The number of hydrogen-bond donors (Lipinski definition) is 2. The average molecular weight is 342 g/mol. The molecule has 1 aromatic carbocycles. The van der Waals surface area contributed by atoms with Crippen LogP contribution in [0.4, 0.5) is 0 Å². The highest BCUT2D eigenvalue weighted by molar-refractivity contribution is 7.10. The van der Waals surface area contributed by atoms with Gasteiger partial charge in [0.2, 0.25) is 6.10 Å². The van der Waals surface area contributed by atoms with Crippen LogP contribution in [0.1, 0.15) is 10.7 Å². The van der Waals surface area contributed by atoms with Gasteiger partial charge >= 0.3 is 0 Å². The number of rotatable bonds is 4. The monoisotopic (exact) mass is 342 g/mol. The van der Waals surface area contributed by atoms with E-state index in [1.807, 2.05) is 24.4 Å². The molecule has 7 nitrogen and oxygen atoms in total. The minimum Gasteiger partial charge on any atom is -0.485 e. The lowest BCUT2D eigenvalue weighted by Crippen LogP contribution is -2.47. The SMILES string of the molecule is Cc1csc(/C(C#N)=C/NNC(=O)[C@@H]2COc3ccccc3O2)n1. The molecule has 2 heterocycles. The molecule has 1 amide bonds. The van der Waals surface area contributed by atoms with E-state index in [0.717, 1.165) is 5.69 Å². The van der Waals surface area contributed by atoms with Crippen molar-refractivity contribution in [2.75, 3.05) is 6.61 Å². The molecule has 0 fully saturated rings. The Morgan fingerprint density at radius 1 is 1.46 bits per heavy atom. The van der Waals surface area contributed by atoms with Crippen LogP contribution < -0.4 is 20.3 Å². The average Bonchev–Trinajstić information content (AvgIpc) is 3.04. The Morgan fingerprint density at radius 3 is 2.96 bits per heavy atom. The van der Waals surface area contributed by atoms with Crippen molar-refractivity contribution in [3.63, 3.8) is 0 Å². The Morgan fingerprint density at radius 2 is 2.25 bits per heavy atom. The lowest BCUT2D eigenvalue weighted by Gasteiger charge is -2.25. The first-order valence-corrected chi connectivity index (χ1v) is 8.02. The van der Waals surface area contributed by atoms with Gasteiger partial charge in [-0.3, -0.25) is 10.2 Å². The molecule has 1 aliphatic rings. The number of fused-ring (bicyclic) bond motifs is 1. The lowest BCUT2D eigenvalue weighted by atomic mass is 10.2. The van der Waals surface area contributed by atoms with Crippen molar-refractivity contribution in [1.82, 2.24) is 15.8 Å². The predicted molar refractivity (Wildman–Crippen MR) is 88.1 cm³/mol. The number of amides is 1. The summed E-state index contributed by atoms with van der Waals surface area (Å²) in [7, 11) is 0. The highest BCUT2D eigenvalue weighted by Gasteiger charge is 2.27. The summed E-state index contributed by atoms with van der Waals surface area (Å²) in [4.78, 5) is 16.3. The largest absolute Gasteiger partial charge is 0.485 e. The molecule has 3 rings (SSSR count). The van der Waals surface area contributed by atoms with Crippen LogP contribution in [0.2, 0.25) is 0 Å². The second-order valence-corrected chi connectivity index (χ2v) is 5.82. The maximum absolute atomic E-state index is 12.1. The van der Waals surface area contributed by atoms with Gasteiger partial charge in [-0.1, -0.05) is 12.1 Å². The van der Waals surface area contributed by atoms with Crippen molar-refractivity contribution in [2.24, 2.45) is 0 Å². The zero-order valence-electron chi connectivity index (χ0n) is 12.8. The summed E-state index contributed by atoms with van der Waals surface area (Å²) in [6.07, 6.45) is 0.627. The molecule has 0 aliphatic carbocycles. The summed E-state index contributed by atoms with van der Waals surface area (Å²) in [5.41, 5.74) is 6.26. The van der Waals surface area contributed by atoms with E-state index >= 15 is 0 Å². The number of benzene rings is 1. The third-order valence-electron chi connectivity index (χ3n) is 3.18. The molecule has 1 aromatic heterocycles. The number of carbonyl (C=O) groups is 1. The van der Waals surface area contributed by atoms with Gasteiger partial charge in [0.05, 0.1) is 0 Å². The Balaban J connectivity index is 1.58. The van der Waals surface area contributed by atoms with Crippen LogP contribution in [0.15, 0.2) is 35.8 Å². The summed E-state index contributed by atoms with van der Waals surface area (Å²) in [5.74, 6) is 0.740. The van der Waals surface area contributed by atoms with Gasteiger partial charge in [0.25, 0.3) is 5.91 Å². The number of hydrazine groups is 1. The molecule has 1 aliphatic heterocycles. The van der Waals surface area contributed by atoms with Crippen LogP contribution >= 0.6 is 11.3 Å². The van der Waals surface area contributed by atoms with Crippen LogP contribution in [0, 0.1) is 18.3 Å². The number of allylic oxidation sites excluding steroid dienone is 1. The van der Waals surface area contributed by atoms with Crippen LogP contribution in [-0.2, 0) is 4.79 Å². The lowest BCUT2D eigenvalue weighted by molar-refractivity contribution is -0.131. The van der Waals surface area contributed by atoms with Crippen LogP contribution in [0.3, 0.4) is 0 Å². The molecule has 0 saturated heterocycles. The Kier molecular flexibility index (Phi) is 4.63. The molecule has 24 heavy (non-hydrogen) atoms. The summed E-state index contributed by atoms with van der Waals surface area (Å²) < 4.78 is 11.1. The van der Waals surface area contributed by atoms with E-state index in [4.69, 9.17) is 14.7 Å². The molecule has 0 saturated carbocycles.